The Hall–Kier alpha value is -3.35. The Balaban J connectivity index is 1.73. The summed E-state index contributed by atoms with van der Waals surface area (Å²) in [7, 11) is 0. The molecule has 0 spiro atoms. The summed E-state index contributed by atoms with van der Waals surface area (Å²) in [5.74, 6) is -0.294. The van der Waals surface area contributed by atoms with Gasteiger partial charge >= 0.3 is 0 Å². The van der Waals surface area contributed by atoms with Gasteiger partial charge in [-0.05, 0) is 55.5 Å². The van der Waals surface area contributed by atoms with Crippen molar-refractivity contribution in [2.45, 2.75) is 53.4 Å². The zero-order valence-electron chi connectivity index (χ0n) is 18.8. The van der Waals surface area contributed by atoms with Crippen LogP contribution >= 0.6 is 0 Å². The molecule has 3 N–H and O–H groups in total. The number of nitrogens with one attached hydrogen (secondary N) is 3. The number of hydrogen-bond donors (Lipinski definition) is 3. The molecule has 0 aliphatic heterocycles. The van der Waals surface area contributed by atoms with Gasteiger partial charge in [0, 0.05) is 18.5 Å². The van der Waals surface area contributed by atoms with Gasteiger partial charge in [0.1, 0.15) is 5.75 Å². The lowest BCUT2D eigenvalue weighted by molar-refractivity contribution is -0.130. The molecule has 166 valence electrons. The molecule has 31 heavy (non-hydrogen) atoms. The number of anilines is 1. The van der Waals surface area contributed by atoms with Crippen LogP contribution in [0.2, 0.25) is 0 Å². The molecule has 0 aliphatic rings. The van der Waals surface area contributed by atoms with Crippen molar-refractivity contribution in [3.05, 3.63) is 58.7 Å². The highest BCUT2D eigenvalue weighted by molar-refractivity contribution is 5.94. The van der Waals surface area contributed by atoms with Crippen LogP contribution in [0.15, 0.2) is 36.4 Å². The number of hydrazine groups is 1. The summed E-state index contributed by atoms with van der Waals surface area (Å²) in [6.07, 6.45) is -0.0418. The Morgan fingerprint density at radius 2 is 1.45 bits per heavy atom. The number of carbonyl (C=O) groups is 3. The summed E-state index contributed by atoms with van der Waals surface area (Å²) in [6, 6.07) is 11.6. The molecule has 0 fully saturated rings. The molecule has 0 atom stereocenters. The van der Waals surface area contributed by atoms with E-state index in [1.807, 2.05) is 71.0 Å². The summed E-state index contributed by atoms with van der Waals surface area (Å²) < 4.78 is 5.63. The minimum atomic E-state index is -0.482. The zero-order valence-corrected chi connectivity index (χ0v) is 18.8. The standard InChI is InChI=1S/C24H31N3O4/c1-15(2)19-8-6-17(4)13-21(19)31-14-24(30)27-26-23(29)11-10-22(28)25-20-9-7-16(3)12-18(20)5/h6-9,12-13,15H,10-11,14H2,1-5H3,(H,25,28)(H,26,29)(H,27,30). The smallest absolute Gasteiger partial charge is 0.276 e. The van der Waals surface area contributed by atoms with E-state index < -0.39 is 11.8 Å². The van der Waals surface area contributed by atoms with Gasteiger partial charge in [-0.1, -0.05) is 43.7 Å². The molecule has 2 aromatic rings. The first kappa shape index (κ1) is 23.9. The van der Waals surface area contributed by atoms with E-state index in [0.29, 0.717) is 5.75 Å². The van der Waals surface area contributed by atoms with E-state index in [-0.39, 0.29) is 31.3 Å². The predicted molar refractivity (Wildman–Crippen MR) is 121 cm³/mol. The molecule has 0 saturated carbocycles. The minimum Gasteiger partial charge on any atom is -0.483 e. The van der Waals surface area contributed by atoms with Gasteiger partial charge in [0.05, 0.1) is 0 Å². The molecule has 0 aliphatic carbocycles. The Kier molecular flexibility index (Phi) is 8.61. The number of hydrogen-bond acceptors (Lipinski definition) is 4. The first-order chi connectivity index (χ1) is 14.7. The fourth-order valence-corrected chi connectivity index (χ4v) is 3.02. The maximum absolute atomic E-state index is 12.1. The number of amides is 3. The molecule has 0 radical (unpaired) electrons. The molecule has 0 bridgehead atoms. The average Bonchev–Trinajstić information content (AvgIpc) is 2.71. The summed E-state index contributed by atoms with van der Waals surface area (Å²) >= 11 is 0. The Labute approximate surface area is 183 Å². The second-order valence-corrected chi connectivity index (χ2v) is 7.95. The van der Waals surface area contributed by atoms with Gasteiger partial charge in [0.15, 0.2) is 6.61 Å². The summed E-state index contributed by atoms with van der Waals surface area (Å²) in [5.41, 5.74) is 9.45. The second-order valence-electron chi connectivity index (χ2n) is 7.95. The number of rotatable bonds is 8. The van der Waals surface area contributed by atoms with E-state index in [9.17, 15) is 14.4 Å². The maximum atomic E-state index is 12.1. The van der Waals surface area contributed by atoms with Gasteiger partial charge in [-0.2, -0.15) is 0 Å². The van der Waals surface area contributed by atoms with Crippen LogP contribution in [0.3, 0.4) is 0 Å². The molecule has 7 nitrogen and oxygen atoms in total. The minimum absolute atomic E-state index is 0.00651. The van der Waals surface area contributed by atoms with E-state index in [0.717, 1.165) is 27.9 Å². The van der Waals surface area contributed by atoms with E-state index >= 15 is 0 Å². The summed E-state index contributed by atoms with van der Waals surface area (Å²) in [4.78, 5) is 36.0. The van der Waals surface area contributed by atoms with E-state index in [2.05, 4.69) is 16.2 Å². The highest BCUT2D eigenvalue weighted by atomic mass is 16.5. The van der Waals surface area contributed by atoms with Crippen molar-refractivity contribution in [1.29, 1.82) is 0 Å². The quantitative estimate of drug-likeness (QED) is 0.562. The van der Waals surface area contributed by atoms with Gasteiger partial charge in [0.25, 0.3) is 5.91 Å². The molecule has 0 heterocycles. The van der Waals surface area contributed by atoms with Gasteiger partial charge in [0.2, 0.25) is 11.8 Å². The third-order valence-corrected chi connectivity index (χ3v) is 4.73. The zero-order chi connectivity index (χ0) is 23.0. The number of carbonyl (C=O) groups excluding carboxylic acids is 3. The third-order valence-electron chi connectivity index (χ3n) is 4.73. The van der Waals surface area contributed by atoms with Gasteiger partial charge in [-0.15, -0.1) is 0 Å². The highest BCUT2D eigenvalue weighted by Gasteiger charge is 2.12. The van der Waals surface area contributed by atoms with Gasteiger partial charge in [-0.3, -0.25) is 25.2 Å². The third kappa shape index (κ3) is 7.77. The van der Waals surface area contributed by atoms with Crippen LogP contribution in [0.1, 0.15) is 54.9 Å². The van der Waals surface area contributed by atoms with Crippen molar-refractivity contribution >= 4 is 23.4 Å². The van der Waals surface area contributed by atoms with E-state index in [1.165, 1.54) is 0 Å². The molecule has 3 amide bonds. The molecule has 0 unspecified atom stereocenters. The first-order valence-corrected chi connectivity index (χ1v) is 10.3. The van der Waals surface area contributed by atoms with Gasteiger partial charge in [-0.25, -0.2) is 0 Å². The molecule has 2 rings (SSSR count). The number of benzene rings is 2. The lowest BCUT2D eigenvalue weighted by atomic mass is 10.0. The van der Waals surface area contributed by atoms with Gasteiger partial charge < -0.3 is 10.1 Å². The number of aryl methyl sites for hydroxylation is 3. The second kappa shape index (κ2) is 11.2. The molecular formula is C24H31N3O4. The van der Waals surface area contributed by atoms with Crippen molar-refractivity contribution in [3.8, 4) is 5.75 Å². The van der Waals surface area contributed by atoms with Crippen LogP contribution < -0.4 is 20.9 Å². The van der Waals surface area contributed by atoms with Crippen molar-refractivity contribution in [2.75, 3.05) is 11.9 Å². The Morgan fingerprint density at radius 3 is 2.13 bits per heavy atom. The fraction of sp³-hybridized carbons (Fsp3) is 0.375. The predicted octanol–water partition coefficient (Wildman–Crippen LogP) is 3.68. The van der Waals surface area contributed by atoms with Crippen molar-refractivity contribution in [1.82, 2.24) is 10.9 Å². The van der Waals surface area contributed by atoms with Crippen molar-refractivity contribution in [2.24, 2.45) is 0 Å². The lowest BCUT2D eigenvalue weighted by Gasteiger charge is -2.15. The van der Waals surface area contributed by atoms with Crippen molar-refractivity contribution < 1.29 is 19.1 Å². The first-order valence-electron chi connectivity index (χ1n) is 10.3. The maximum Gasteiger partial charge on any atom is 0.276 e. The van der Waals surface area contributed by atoms with Crippen molar-refractivity contribution in [3.63, 3.8) is 0 Å². The Bertz CT molecular complexity index is 954. The van der Waals surface area contributed by atoms with E-state index in [1.54, 1.807) is 0 Å². The molecule has 2 aromatic carbocycles. The van der Waals surface area contributed by atoms with Crippen LogP contribution in [-0.2, 0) is 14.4 Å². The van der Waals surface area contributed by atoms with E-state index in [4.69, 9.17) is 4.74 Å². The molecule has 7 heteroatoms. The van der Waals surface area contributed by atoms with Crippen LogP contribution in [0.25, 0.3) is 0 Å². The summed E-state index contributed by atoms with van der Waals surface area (Å²) in [5, 5.41) is 2.79. The van der Waals surface area contributed by atoms with Crippen LogP contribution in [-0.4, -0.2) is 24.3 Å². The molecular weight excluding hydrogens is 394 g/mol. The summed E-state index contributed by atoms with van der Waals surface area (Å²) in [6.45, 7) is 9.71. The highest BCUT2D eigenvalue weighted by Crippen LogP contribution is 2.27. The monoisotopic (exact) mass is 425 g/mol. The fourth-order valence-electron chi connectivity index (χ4n) is 3.02. The SMILES string of the molecule is Cc1ccc(NC(=O)CCC(=O)NNC(=O)COc2cc(C)ccc2C(C)C)c(C)c1. The van der Waals surface area contributed by atoms with Crippen LogP contribution in [0.5, 0.6) is 5.75 Å². The normalized spacial score (nSPS) is 10.5. The lowest BCUT2D eigenvalue weighted by Crippen LogP contribution is -2.44. The Morgan fingerprint density at radius 1 is 0.839 bits per heavy atom. The van der Waals surface area contributed by atoms with Crippen LogP contribution in [0, 0.1) is 20.8 Å². The number of ether oxygens (including phenoxy) is 1. The largest absolute Gasteiger partial charge is 0.483 e. The molecule has 0 saturated heterocycles. The van der Waals surface area contributed by atoms with Crippen LogP contribution in [0.4, 0.5) is 5.69 Å². The molecule has 0 aromatic heterocycles. The average molecular weight is 426 g/mol. The topological polar surface area (TPSA) is 96.5 Å².